The second-order valence-electron chi connectivity index (χ2n) is 9.31. The SMILES string of the molecule is CC(C)CC(O)COOC(C)(CC(C)C)OOC(C)(C)C(C)(C)C. The normalized spacial score (nSPS) is 17.4. The zero-order valence-electron chi connectivity index (χ0n) is 17.4. The van der Waals surface area contributed by atoms with Crippen LogP contribution in [0.15, 0.2) is 0 Å². The van der Waals surface area contributed by atoms with Crippen LogP contribution in [0.2, 0.25) is 0 Å². The van der Waals surface area contributed by atoms with Crippen LogP contribution in [0.25, 0.3) is 0 Å². The fourth-order valence-corrected chi connectivity index (χ4v) is 1.99. The lowest BCUT2D eigenvalue weighted by Crippen LogP contribution is -2.44. The molecule has 0 aliphatic heterocycles. The van der Waals surface area contributed by atoms with Crippen molar-refractivity contribution in [2.24, 2.45) is 17.3 Å². The van der Waals surface area contributed by atoms with E-state index >= 15 is 0 Å². The van der Waals surface area contributed by atoms with Gasteiger partial charge in [-0.05, 0) is 44.4 Å². The molecule has 0 rings (SSSR count). The Bertz CT molecular complexity index is 346. The summed E-state index contributed by atoms with van der Waals surface area (Å²) in [5, 5.41) is 9.89. The van der Waals surface area contributed by atoms with E-state index in [9.17, 15) is 5.11 Å². The first-order valence-electron chi connectivity index (χ1n) is 9.04. The van der Waals surface area contributed by atoms with Gasteiger partial charge in [0.05, 0.1) is 6.10 Å². The van der Waals surface area contributed by atoms with Crippen LogP contribution in [0.5, 0.6) is 0 Å². The van der Waals surface area contributed by atoms with Gasteiger partial charge in [-0.1, -0.05) is 48.5 Å². The highest BCUT2D eigenvalue weighted by Gasteiger charge is 2.39. The molecule has 0 aromatic heterocycles. The minimum absolute atomic E-state index is 0.0972. The Balaban J connectivity index is 4.67. The predicted molar refractivity (Wildman–Crippen MR) is 96.1 cm³/mol. The van der Waals surface area contributed by atoms with Crippen molar-refractivity contribution in [1.29, 1.82) is 0 Å². The molecule has 5 heteroatoms. The number of aliphatic hydroxyl groups excluding tert-OH is 1. The topological polar surface area (TPSA) is 57.2 Å². The number of hydrogen-bond acceptors (Lipinski definition) is 5. The summed E-state index contributed by atoms with van der Waals surface area (Å²) in [4.78, 5) is 22.1. The van der Waals surface area contributed by atoms with E-state index in [0.717, 1.165) is 0 Å². The monoisotopic (exact) mass is 348 g/mol. The quantitative estimate of drug-likeness (QED) is 0.328. The number of rotatable bonds is 11. The fourth-order valence-electron chi connectivity index (χ4n) is 1.99. The minimum Gasteiger partial charge on any atom is -0.391 e. The van der Waals surface area contributed by atoms with Crippen LogP contribution < -0.4 is 0 Å². The zero-order valence-corrected chi connectivity index (χ0v) is 17.4. The van der Waals surface area contributed by atoms with Crippen molar-refractivity contribution in [3.05, 3.63) is 0 Å². The third-order valence-electron chi connectivity index (χ3n) is 4.25. The van der Waals surface area contributed by atoms with Gasteiger partial charge >= 0.3 is 0 Å². The molecule has 2 unspecified atom stereocenters. The highest BCUT2D eigenvalue weighted by atomic mass is 17.3. The van der Waals surface area contributed by atoms with Gasteiger partial charge in [0.2, 0.25) is 5.79 Å². The van der Waals surface area contributed by atoms with Crippen molar-refractivity contribution in [2.45, 2.75) is 99.6 Å². The first kappa shape index (κ1) is 23.8. The molecule has 2 atom stereocenters. The first-order chi connectivity index (χ1) is 10.7. The van der Waals surface area contributed by atoms with E-state index in [1.54, 1.807) is 6.92 Å². The molecule has 0 bridgehead atoms. The van der Waals surface area contributed by atoms with Crippen molar-refractivity contribution in [2.75, 3.05) is 6.61 Å². The fraction of sp³-hybridized carbons (Fsp3) is 1.00. The molecule has 0 heterocycles. The highest BCUT2D eigenvalue weighted by molar-refractivity contribution is 4.82. The molecular formula is C19H40O5. The van der Waals surface area contributed by atoms with Crippen LogP contribution in [0, 0.1) is 17.3 Å². The van der Waals surface area contributed by atoms with Crippen LogP contribution in [0.4, 0.5) is 0 Å². The lowest BCUT2D eigenvalue weighted by Gasteiger charge is -2.39. The van der Waals surface area contributed by atoms with Crippen molar-refractivity contribution in [1.82, 2.24) is 0 Å². The Hall–Kier alpha value is -0.200. The van der Waals surface area contributed by atoms with Crippen LogP contribution >= 0.6 is 0 Å². The maximum Gasteiger partial charge on any atom is 0.231 e. The smallest absolute Gasteiger partial charge is 0.231 e. The summed E-state index contributed by atoms with van der Waals surface area (Å²) in [5.74, 6) is -0.299. The maximum absolute atomic E-state index is 9.89. The summed E-state index contributed by atoms with van der Waals surface area (Å²) in [7, 11) is 0. The molecule has 0 radical (unpaired) electrons. The summed E-state index contributed by atoms with van der Waals surface area (Å²) in [6, 6.07) is 0. The number of hydrogen-bond donors (Lipinski definition) is 1. The van der Waals surface area contributed by atoms with Gasteiger partial charge in [-0.15, -0.1) is 0 Å². The van der Waals surface area contributed by atoms with Crippen molar-refractivity contribution in [3.8, 4) is 0 Å². The number of aliphatic hydroxyl groups is 1. The lowest BCUT2D eigenvalue weighted by molar-refractivity contribution is -0.533. The third kappa shape index (κ3) is 9.33. The van der Waals surface area contributed by atoms with Crippen LogP contribution in [0.1, 0.15) is 82.1 Å². The van der Waals surface area contributed by atoms with Crippen LogP contribution in [-0.4, -0.2) is 29.2 Å². The Labute approximate surface area is 148 Å². The van der Waals surface area contributed by atoms with Crippen molar-refractivity contribution >= 4 is 0 Å². The highest BCUT2D eigenvalue weighted by Crippen LogP contribution is 2.35. The Morgan fingerprint density at radius 3 is 1.75 bits per heavy atom. The molecule has 24 heavy (non-hydrogen) atoms. The van der Waals surface area contributed by atoms with Gasteiger partial charge in [0, 0.05) is 6.42 Å². The summed E-state index contributed by atoms with van der Waals surface area (Å²) in [6.07, 6.45) is 0.715. The average molecular weight is 349 g/mol. The van der Waals surface area contributed by atoms with E-state index in [-0.39, 0.29) is 12.0 Å². The van der Waals surface area contributed by atoms with Gasteiger partial charge in [-0.3, -0.25) is 0 Å². The van der Waals surface area contributed by atoms with E-state index in [4.69, 9.17) is 19.6 Å². The van der Waals surface area contributed by atoms with E-state index in [2.05, 4.69) is 48.5 Å². The lowest BCUT2D eigenvalue weighted by atomic mass is 9.79. The van der Waals surface area contributed by atoms with Gasteiger partial charge in [-0.25, -0.2) is 9.78 Å². The molecule has 1 N–H and O–H groups in total. The second-order valence-corrected chi connectivity index (χ2v) is 9.31. The van der Waals surface area contributed by atoms with E-state index in [1.165, 1.54) is 0 Å². The zero-order chi connectivity index (χ0) is 19.2. The summed E-state index contributed by atoms with van der Waals surface area (Å²) in [6.45, 7) is 20.4. The van der Waals surface area contributed by atoms with E-state index < -0.39 is 17.5 Å². The average Bonchev–Trinajstić information content (AvgIpc) is 2.33. The second kappa shape index (κ2) is 9.48. The van der Waals surface area contributed by atoms with Gasteiger partial charge in [0.25, 0.3) is 0 Å². The molecule has 0 aliphatic carbocycles. The third-order valence-corrected chi connectivity index (χ3v) is 4.25. The maximum atomic E-state index is 9.89. The predicted octanol–water partition coefficient (Wildman–Crippen LogP) is 4.88. The largest absolute Gasteiger partial charge is 0.391 e. The summed E-state index contributed by atoms with van der Waals surface area (Å²) >= 11 is 0. The molecule has 0 saturated heterocycles. The van der Waals surface area contributed by atoms with Crippen LogP contribution in [-0.2, 0) is 19.6 Å². The Morgan fingerprint density at radius 2 is 1.33 bits per heavy atom. The molecule has 0 amide bonds. The van der Waals surface area contributed by atoms with E-state index in [1.807, 2.05) is 13.8 Å². The Morgan fingerprint density at radius 1 is 0.792 bits per heavy atom. The molecule has 0 aromatic rings. The first-order valence-corrected chi connectivity index (χ1v) is 9.04. The van der Waals surface area contributed by atoms with Gasteiger partial charge in [-0.2, -0.15) is 9.78 Å². The molecule has 0 aliphatic rings. The molecule has 5 nitrogen and oxygen atoms in total. The van der Waals surface area contributed by atoms with Crippen molar-refractivity contribution in [3.63, 3.8) is 0 Å². The molecular weight excluding hydrogens is 308 g/mol. The standard InChI is InChI=1S/C19H40O5/c1-14(2)11-16(20)13-21-23-19(10,12-15(3)4)24-22-18(8,9)17(5,6)7/h14-16,20H,11-13H2,1-10H3. The molecule has 0 saturated carbocycles. The molecule has 146 valence electrons. The molecule has 0 fully saturated rings. The summed E-state index contributed by atoms with van der Waals surface area (Å²) < 4.78 is 0. The van der Waals surface area contributed by atoms with Gasteiger partial charge in [0.1, 0.15) is 12.2 Å². The minimum atomic E-state index is -1.03. The summed E-state index contributed by atoms with van der Waals surface area (Å²) in [5.41, 5.74) is -0.591. The van der Waals surface area contributed by atoms with Crippen LogP contribution in [0.3, 0.4) is 0 Å². The van der Waals surface area contributed by atoms with E-state index in [0.29, 0.717) is 24.7 Å². The van der Waals surface area contributed by atoms with Crippen molar-refractivity contribution < 1.29 is 24.7 Å². The molecule has 0 spiro atoms. The molecule has 0 aromatic carbocycles. The van der Waals surface area contributed by atoms with Gasteiger partial charge < -0.3 is 5.11 Å². The van der Waals surface area contributed by atoms with Gasteiger partial charge in [0.15, 0.2) is 0 Å². The Kier molecular flexibility index (Phi) is 9.41.